The molecule has 2 aromatic heterocycles. The Morgan fingerprint density at radius 2 is 2.24 bits per heavy atom. The monoisotopic (exact) mass is 232 g/mol. The number of aryl methyl sites for hydroxylation is 2. The van der Waals surface area contributed by atoms with Gasteiger partial charge in [0, 0.05) is 13.2 Å². The average molecular weight is 232 g/mol. The van der Waals surface area contributed by atoms with E-state index in [2.05, 4.69) is 20.5 Å². The Labute approximate surface area is 99.9 Å². The Morgan fingerprint density at radius 1 is 1.47 bits per heavy atom. The molecule has 90 valence electrons. The summed E-state index contributed by atoms with van der Waals surface area (Å²) in [5.41, 5.74) is 7.57. The van der Waals surface area contributed by atoms with E-state index in [-0.39, 0.29) is 6.04 Å². The second kappa shape index (κ2) is 4.40. The van der Waals surface area contributed by atoms with Crippen LogP contribution in [0.5, 0.6) is 0 Å². The van der Waals surface area contributed by atoms with Gasteiger partial charge in [-0.25, -0.2) is 4.98 Å². The van der Waals surface area contributed by atoms with E-state index in [1.165, 1.54) is 0 Å². The number of hydrogen-bond acceptors (Lipinski definition) is 5. The molecule has 17 heavy (non-hydrogen) atoms. The molecular weight excluding hydrogens is 216 g/mol. The SMILES string of the molecule is Cc1cnc(NC(C)c2nncn2C)c(N)c1. The quantitative estimate of drug-likeness (QED) is 0.833. The standard InChI is InChI=1S/C11H16N6/c1-7-4-9(12)10(13-5-7)15-8(2)11-16-14-6-17(11)3/h4-6,8H,12H2,1-3H3,(H,13,15). The van der Waals surface area contributed by atoms with Crippen molar-refractivity contribution in [2.45, 2.75) is 19.9 Å². The smallest absolute Gasteiger partial charge is 0.154 e. The minimum atomic E-state index is 0.00000567. The maximum atomic E-state index is 5.89. The van der Waals surface area contributed by atoms with Gasteiger partial charge >= 0.3 is 0 Å². The summed E-state index contributed by atoms with van der Waals surface area (Å²) in [6.07, 6.45) is 3.45. The third kappa shape index (κ3) is 2.35. The first kappa shape index (κ1) is 11.4. The first-order valence-corrected chi connectivity index (χ1v) is 5.40. The lowest BCUT2D eigenvalue weighted by Gasteiger charge is -2.15. The van der Waals surface area contributed by atoms with Crippen LogP contribution in [-0.4, -0.2) is 19.7 Å². The first-order valence-electron chi connectivity index (χ1n) is 5.40. The van der Waals surface area contributed by atoms with Gasteiger partial charge < -0.3 is 15.6 Å². The third-order valence-corrected chi connectivity index (χ3v) is 2.54. The zero-order valence-electron chi connectivity index (χ0n) is 10.2. The second-order valence-electron chi connectivity index (χ2n) is 4.12. The predicted octanol–water partition coefficient (Wildman–Crippen LogP) is 1.27. The highest BCUT2D eigenvalue weighted by atomic mass is 15.3. The van der Waals surface area contributed by atoms with Crippen LogP contribution in [0.4, 0.5) is 11.5 Å². The molecule has 6 heteroatoms. The van der Waals surface area contributed by atoms with E-state index in [0.29, 0.717) is 11.5 Å². The maximum absolute atomic E-state index is 5.89. The van der Waals surface area contributed by atoms with Gasteiger partial charge in [0.25, 0.3) is 0 Å². The summed E-state index contributed by atoms with van der Waals surface area (Å²) in [5.74, 6) is 1.51. The van der Waals surface area contributed by atoms with E-state index in [9.17, 15) is 0 Å². The normalized spacial score (nSPS) is 12.4. The summed E-state index contributed by atoms with van der Waals surface area (Å²) in [4.78, 5) is 4.26. The van der Waals surface area contributed by atoms with Gasteiger partial charge in [-0.3, -0.25) is 0 Å². The van der Waals surface area contributed by atoms with Crippen molar-refractivity contribution in [1.82, 2.24) is 19.7 Å². The molecule has 0 saturated heterocycles. The van der Waals surface area contributed by atoms with Gasteiger partial charge in [0.05, 0.1) is 11.7 Å². The molecule has 2 aromatic rings. The highest BCUT2D eigenvalue weighted by molar-refractivity contribution is 5.62. The molecule has 1 unspecified atom stereocenters. The lowest BCUT2D eigenvalue weighted by atomic mass is 10.2. The minimum Gasteiger partial charge on any atom is -0.396 e. The molecule has 2 rings (SSSR count). The fourth-order valence-electron chi connectivity index (χ4n) is 1.67. The lowest BCUT2D eigenvalue weighted by molar-refractivity contribution is 0.717. The molecule has 0 saturated carbocycles. The Balaban J connectivity index is 2.19. The van der Waals surface area contributed by atoms with Gasteiger partial charge in [0.15, 0.2) is 5.82 Å². The van der Waals surface area contributed by atoms with Crippen molar-refractivity contribution in [1.29, 1.82) is 0 Å². The van der Waals surface area contributed by atoms with Crippen molar-refractivity contribution in [3.05, 3.63) is 30.0 Å². The molecule has 0 aliphatic carbocycles. The summed E-state index contributed by atoms with van der Waals surface area (Å²) in [6, 6.07) is 1.89. The minimum absolute atomic E-state index is 0.00000567. The lowest BCUT2D eigenvalue weighted by Crippen LogP contribution is -2.14. The van der Waals surface area contributed by atoms with Crippen LogP contribution < -0.4 is 11.1 Å². The highest BCUT2D eigenvalue weighted by Crippen LogP contribution is 2.21. The van der Waals surface area contributed by atoms with Crippen LogP contribution in [0.15, 0.2) is 18.6 Å². The van der Waals surface area contributed by atoms with E-state index in [1.54, 1.807) is 12.5 Å². The van der Waals surface area contributed by atoms with Crippen molar-refractivity contribution >= 4 is 11.5 Å². The summed E-state index contributed by atoms with van der Waals surface area (Å²) in [7, 11) is 1.90. The van der Waals surface area contributed by atoms with Gasteiger partial charge in [-0.1, -0.05) is 0 Å². The van der Waals surface area contributed by atoms with Gasteiger partial charge in [-0.15, -0.1) is 10.2 Å². The number of nitrogens with two attached hydrogens (primary N) is 1. The Morgan fingerprint density at radius 3 is 2.82 bits per heavy atom. The topological polar surface area (TPSA) is 81.7 Å². The summed E-state index contributed by atoms with van der Waals surface area (Å²) < 4.78 is 1.86. The van der Waals surface area contributed by atoms with Crippen LogP contribution in [0.2, 0.25) is 0 Å². The van der Waals surface area contributed by atoms with E-state index in [0.717, 1.165) is 11.4 Å². The maximum Gasteiger partial charge on any atom is 0.154 e. The van der Waals surface area contributed by atoms with Crippen molar-refractivity contribution in [3.63, 3.8) is 0 Å². The van der Waals surface area contributed by atoms with Crippen molar-refractivity contribution in [2.75, 3.05) is 11.1 Å². The zero-order chi connectivity index (χ0) is 12.4. The first-order chi connectivity index (χ1) is 8.08. The number of pyridine rings is 1. The third-order valence-electron chi connectivity index (χ3n) is 2.54. The van der Waals surface area contributed by atoms with Gasteiger partial charge in [0.1, 0.15) is 12.1 Å². The number of aromatic nitrogens is 4. The van der Waals surface area contributed by atoms with Crippen LogP contribution in [0.25, 0.3) is 0 Å². The van der Waals surface area contributed by atoms with E-state index >= 15 is 0 Å². The molecule has 0 radical (unpaired) electrons. The van der Waals surface area contributed by atoms with Gasteiger partial charge in [0.2, 0.25) is 0 Å². The molecule has 0 bridgehead atoms. The fraction of sp³-hybridized carbons (Fsp3) is 0.364. The summed E-state index contributed by atoms with van der Waals surface area (Å²) >= 11 is 0. The largest absolute Gasteiger partial charge is 0.396 e. The number of nitrogens with one attached hydrogen (secondary N) is 1. The molecule has 6 nitrogen and oxygen atoms in total. The van der Waals surface area contributed by atoms with E-state index in [4.69, 9.17) is 5.73 Å². The van der Waals surface area contributed by atoms with Crippen LogP contribution in [0.3, 0.4) is 0 Å². The molecule has 0 fully saturated rings. The van der Waals surface area contributed by atoms with E-state index < -0.39 is 0 Å². The number of nitrogen functional groups attached to an aromatic ring is 1. The fourth-order valence-corrected chi connectivity index (χ4v) is 1.67. The molecule has 0 amide bonds. The molecule has 1 atom stereocenters. The molecule has 3 N–H and O–H groups in total. The molecule has 0 spiro atoms. The van der Waals surface area contributed by atoms with Crippen molar-refractivity contribution in [2.24, 2.45) is 7.05 Å². The number of rotatable bonds is 3. The Hall–Kier alpha value is -2.11. The Bertz CT molecular complexity index is 518. The molecular formula is C11H16N6. The van der Waals surface area contributed by atoms with E-state index in [1.807, 2.05) is 31.5 Å². The van der Waals surface area contributed by atoms with Crippen molar-refractivity contribution in [3.8, 4) is 0 Å². The molecule has 0 aliphatic heterocycles. The molecule has 0 aliphatic rings. The van der Waals surface area contributed by atoms with Crippen molar-refractivity contribution < 1.29 is 0 Å². The van der Waals surface area contributed by atoms with Gasteiger partial charge in [-0.05, 0) is 25.5 Å². The predicted molar refractivity (Wildman–Crippen MR) is 66.4 cm³/mol. The number of hydrogen-bond donors (Lipinski definition) is 2. The zero-order valence-corrected chi connectivity index (χ0v) is 10.2. The highest BCUT2D eigenvalue weighted by Gasteiger charge is 2.12. The molecule has 2 heterocycles. The van der Waals surface area contributed by atoms with Crippen LogP contribution >= 0.6 is 0 Å². The van der Waals surface area contributed by atoms with Crippen LogP contribution in [-0.2, 0) is 7.05 Å². The molecule has 0 aromatic carbocycles. The second-order valence-corrected chi connectivity index (χ2v) is 4.12. The summed E-state index contributed by atoms with van der Waals surface area (Å²) in [6.45, 7) is 3.95. The number of nitrogens with zero attached hydrogens (tertiary/aromatic N) is 4. The number of anilines is 2. The average Bonchev–Trinajstić information content (AvgIpc) is 2.68. The van der Waals surface area contributed by atoms with Gasteiger partial charge in [-0.2, -0.15) is 0 Å². The van der Waals surface area contributed by atoms with Crippen LogP contribution in [0.1, 0.15) is 24.4 Å². The Kier molecular flexibility index (Phi) is 2.95. The summed E-state index contributed by atoms with van der Waals surface area (Å²) in [5, 5.41) is 11.1. The van der Waals surface area contributed by atoms with Crippen LogP contribution in [0, 0.1) is 6.92 Å².